The van der Waals surface area contributed by atoms with E-state index in [1.54, 1.807) is 23.7 Å². The van der Waals surface area contributed by atoms with E-state index >= 15 is 0 Å². The van der Waals surface area contributed by atoms with Gasteiger partial charge >= 0.3 is 0 Å². The zero-order chi connectivity index (χ0) is 24.4. The molecule has 1 aromatic heterocycles. The molecule has 1 N–H and O–H groups in total. The molecule has 35 heavy (non-hydrogen) atoms. The zero-order valence-corrected chi connectivity index (χ0v) is 21.4. The van der Waals surface area contributed by atoms with Gasteiger partial charge < -0.3 is 14.7 Å². The molecule has 0 aliphatic carbocycles. The molecular formula is C24H28ClN5O3S2. The van der Waals surface area contributed by atoms with Gasteiger partial charge in [-0.2, -0.15) is 0 Å². The molecule has 0 atom stereocenters. The number of hydrogen-bond donors (Lipinski definition) is 1. The van der Waals surface area contributed by atoms with Gasteiger partial charge in [-0.1, -0.05) is 11.6 Å². The maximum Gasteiger partial charge on any atom is 0.263 e. The maximum absolute atomic E-state index is 13.0. The van der Waals surface area contributed by atoms with Gasteiger partial charge in [-0.3, -0.25) is 9.52 Å². The molecule has 2 aliphatic rings. The van der Waals surface area contributed by atoms with Crippen molar-refractivity contribution in [1.29, 1.82) is 0 Å². The lowest BCUT2D eigenvalue weighted by Gasteiger charge is -2.38. The van der Waals surface area contributed by atoms with Crippen LogP contribution >= 0.6 is 22.9 Å². The summed E-state index contributed by atoms with van der Waals surface area (Å²) in [5, 5.41) is 2.79. The van der Waals surface area contributed by atoms with Crippen LogP contribution in [-0.2, 0) is 21.2 Å². The second-order valence-electron chi connectivity index (χ2n) is 8.60. The van der Waals surface area contributed by atoms with E-state index in [0.29, 0.717) is 37.9 Å². The summed E-state index contributed by atoms with van der Waals surface area (Å²) in [5.41, 5.74) is 3.24. The molecule has 1 fully saturated rings. The number of rotatable bonds is 6. The molecule has 0 bridgehead atoms. The molecule has 0 saturated carbocycles. The van der Waals surface area contributed by atoms with E-state index in [0.717, 1.165) is 35.8 Å². The minimum atomic E-state index is -3.67. The maximum atomic E-state index is 13.0. The van der Waals surface area contributed by atoms with Gasteiger partial charge in [0.05, 0.1) is 11.4 Å². The van der Waals surface area contributed by atoms with Crippen LogP contribution in [0.2, 0.25) is 5.02 Å². The number of thiazole rings is 1. The van der Waals surface area contributed by atoms with Crippen LogP contribution in [0.5, 0.6) is 0 Å². The van der Waals surface area contributed by atoms with E-state index < -0.39 is 10.0 Å². The number of carbonyl (C=O) groups is 1. The fourth-order valence-corrected chi connectivity index (χ4v) is 6.55. The number of nitrogens with one attached hydrogen (secondary N) is 1. The highest BCUT2D eigenvalue weighted by Crippen LogP contribution is 2.29. The lowest BCUT2D eigenvalue weighted by Crippen LogP contribution is -2.51. The number of nitrogens with zero attached hydrogens (tertiary/aromatic N) is 4. The second-order valence-corrected chi connectivity index (χ2v) is 11.6. The number of carbonyl (C=O) groups excluding carboxylic acids is 1. The predicted molar refractivity (Wildman–Crippen MR) is 142 cm³/mol. The average molecular weight is 534 g/mol. The van der Waals surface area contributed by atoms with Gasteiger partial charge in [0.1, 0.15) is 0 Å². The minimum Gasteiger partial charge on any atom is -0.368 e. The minimum absolute atomic E-state index is 0. The first kappa shape index (κ1) is 23.9. The number of aryl methyl sites for hydroxylation is 1. The SMILES string of the molecule is O=C(CN1CCCc2cc(Cl)ccc21)N1CCN(c2ccc(S(=O)(=O)Nc3nccs3)cc2)CC1.[HH]. The Balaban J connectivity index is 0.00000304. The third-order valence-corrected chi connectivity index (χ3v) is 8.79. The van der Waals surface area contributed by atoms with Crippen molar-refractivity contribution in [2.45, 2.75) is 17.7 Å². The standard InChI is InChI=1S/C24H26ClN5O3S2.H2/c25-19-3-8-22-18(16-19)2-1-10-30(22)17-23(31)29-13-11-28(12-14-29)20-4-6-21(7-5-20)35(32,33)27-24-26-9-15-34-24;/h3-9,15-16H,1-2,10-14,17H2,(H,26,27);1H. The van der Waals surface area contributed by atoms with Crippen molar-refractivity contribution >= 4 is 55.4 Å². The molecule has 2 aromatic carbocycles. The van der Waals surface area contributed by atoms with Crippen molar-refractivity contribution < 1.29 is 14.6 Å². The van der Waals surface area contributed by atoms with E-state index in [1.807, 2.05) is 35.2 Å². The van der Waals surface area contributed by atoms with Crippen molar-refractivity contribution in [3.8, 4) is 0 Å². The first-order chi connectivity index (χ1) is 16.9. The van der Waals surface area contributed by atoms with Crippen LogP contribution in [0, 0.1) is 0 Å². The fourth-order valence-electron chi connectivity index (χ4n) is 4.57. The zero-order valence-electron chi connectivity index (χ0n) is 19.1. The highest BCUT2D eigenvalue weighted by Gasteiger charge is 2.25. The molecular weight excluding hydrogens is 506 g/mol. The summed E-state index contributed by atoms with van der Waals surface area (Å²) in [6, 6.07) is 12.7. The molecule has 2 aliphatic heterocycles. The Morgan fingerprint density at radius 3 is 2.57 bits per heavy atom. The Morgan fingerprint density at radius 2 is 1.86 bits per heavy atom. The Kier molecular flexibility index (Phi) is 6.86. The summed E-state index contributed by atoms with van der Waals surface area (Å²) < 4.78 is 27.6. The van der Waals surface area contributed by atoms with Crippen LogP contribution in [0.15, 0.2) is 58.9 Å². The Bertz CT molecular complexity index is 1300. The molecule has 0 spiro atoms. The molecule has 11 heteroatoms. The van der Waals surface area contributed by atoms with Crippen LogP contribution < -0.4 is 14.5 Å². The molecule has 5 rings (SSSR count). The molecule has 1 amide bonds. The lowest BCUT2D eigenvalue weighted by atomic mass is 10.0. The van der Waals surface area contributed by atoms with E-state index in [2.05, 4.69) is 19.5 Å². The number of fused-ring (bicyclic) bond motifs is 1. The van der Waals surface area contributed by atoms with Gasteiger partial charge in [0.15, 0.2) is 5.13 Å². The molecule has 3 heterocycles. The largest absolute Gasteiger partial charge is 0.368 e. The summed E-state index contributed by atoms with van der Waals surface area (Å²) in [6.07, 6.45) is 3.55. The van der Waals surface area contributed by atoms with Gasteiger partial charge in [0.25, 0.3) is 10.0 Å². The van der Waals surface area contributed by atoms with E-state index in [4.69, 9.17) is 11.6 Å². The highest BCUT2D eigenvalue weighted by molar-refractivity contribution is 7.93. The van der Waals surface area contributed by atoms with Crippen LogP contribution in [-0.4, -0.2) is 63.5 Å². The summed E-state index contributed by atoms with van der Waals surface area (Å²) >= 11 is 7.37. The summed E-state index contributed by atoms with van der Waals surface area (Å²) in [6.45, 7) is 3.89. The Morgan fingerprint density at radius 1 is 1.09 bits per heavy atom. The number of piperazine rings is 1. The van der Waals surface area contributed by atoms with Crippen LogP contribution in [0.4, 0.5) is 16.5 Å². The van der Waals surface area contributed by atoms with Crippen LogP contribution in [0.25, 0.3) is 0 Å². The predicted octanol–water partition coefficient (Wildman–Crippen LogP) is 3.94. The Hall–Kier alpha value is -2.82. The monoisotopic (exact) mass is 533 g/mol. The molecule has 0 radical (unpaired) electrons. The number of benzene rings is 2. The molecule has 8 nitrogen and oxygen atoms in total. The van der Waals surface area contributed by atoms with E-state index in [1.165, 1.54) is 16.9 Å². The third kappa shape index (κ3) is 5.39. The number of sulfonamides is 1. The number of anilines is 3. The smallest absolute Gasteiger partial charge is 0.263 e. The number of amides is 1. The van der Waals surface area contributed by atoms with Gasteiger partial charge in [0, 0.05) is 62.1 Å². The first-order valence-corrected chi connectivity index (χ1v) is 14.2. The van der Waals surface area contributed by atoms with Crippen LogP contribution in [0.1, 0.15) is 13.4 Å². The van der Waals surface area contributed by atoms with Crippen molar-refractivity contribution in [3.05, 3.63) is 64.6 Å². The van der Waals surface area contributed by atoms with Crippen molar-refractivity contribution in [3.63, 3.8) is 0 Å². The summed E-state index contributed by atoms with van der Waals surface area (Å²) in [7, 11) is -3.67. The van der Waals surface area contributed by atoms with Crippen molar-refractivity contribution in [2.24, 2.45) is 0 Å². The van der Waals surface area contributed by atoms with E-state index in [9.17, 15) is 13.2 Å². The molecule has 3 aromatic rings. The quantitative estimate of drug-likeness (QED) is 0.516. The van der Waals surface area contributed by atoms with Gasteiger partial charge in [0.2, 0.25) is 5.91 Å². The molecule has 1 saturated heterocycles. The van der Waals surface area contributed by atoms with Gasteiger partial charge in [-0.25, -0.2) is 13.4 Å². The highest BCUT2D eigenvalue weighted by atomic mass is 35.5. The van der Waals surface area contributed by atoms with Crippen molar-refractivity contribution in [2.75, 3.05) is 53.8 Å². The van der Waals surface area contributed by atoms with Gasteiger partial charge in [-0.05, 0) is 60.9 Å². The van der Waals surface area contributed by atoms with Crippen molar-refractivity contribution in [1.82, 2.24) is 9.88 Å². The summed E-state index contributed by atoms with van der Waals surface area (Å²) in [5.74, 6) is 0.127. The molecule has 0 unspecified atom stereocenters. The normalized spacial score (nSPS) is 16.2. The topological polar surface area (TPSA) is 85.9 Å². The fraction of sp³-hybridized carbons (Fsp3) is 0.333. The Labute approximate surface area is 215 Å². The second kappa shape index (κ2) is 10.0. The number of halogens is 1. The van der Waals surface area contributed by atoms with E-state index in [-0.39, 0.29) is 12.2 Å². The first-order valence-electron chi connectivity index (χ1n) is 11.5. The lowest BCUT2D eigenvalue weighted by molar-refractivity contribution is -0.130. The third-order valence-electron chi connectivity index (χ3n) is 6.38. The molecule has 186 valence electrons. The number of aromatic nitrogens is 1. The average Bonchev–Trinajstić information content (AvgIpc) is 3.36. The van der Waals surface area contributed by atoms with Crippen LogP contribution in [0.3, 0.4) is 0 Å². The number of hydrogen-bond acceptors (Lipinski definition) is 7. The van der Waals surface area contributed by atoms with Gasteiger partial charge in [-0.15, -0.1) is 11.3 Å². The summed E-state index contributed by atoms with van der Waals surface area (Å²) in [4.78, 5) is 23.4.